The minimum absolute atomic E-state index is 0.122. The van der Waals surface area contributed by atoms with Gasteiger partial charge in [0.25, 0.3) is 5.91 Å². The van der Waals surface area contributed by atoms with Crippen LogP contribution in [0.25, 0.3) is 0 Å². The van der Waals surface area contributed by atoms with Crippen LogP contribution in [0.15, 0.2) is 23.7 Å². The predicted molar refractivity (Wildman–Crippen MR) is 88.9 cm³/mol. The lowest BCUT2D eigenvalue weighted by atomic mass is 9.92. The van der Waals surface area contributed by atoms with Gasteiger partial charge in [-0.25, -0.2) is 14.2 Å². The molecule has 3 N–H and O–H groups in total. The second-order valence-electron chi connectivity index (χ2n) is 6.75. The fourth-order valence-corrected chi connectivity index (χ4v) is 2.38. The third kappa shape index (κ3) is 4.91. The molecule has 8 heteroatoms. The van der Waals surface area contributed by atoms with Crippen LogP contribution in [0, 0.1) is 5.41 Å². The average Bonchev–Trinajstić information content (AvgIpc) is 2.53. The van der Waals surface area contributed by atoms with Crippen LogP contribution in [0.5, 0.6) is 5.75 Å². The standard InChI is InChI=1S/C17H22FN3O4/c1-17(2,3)14(18)11(9-25-16(19)23)8-24-12-6-10-4-5-20-15(22)13(10)21-7-12/h6-7H,4-5,8-9H2,1-3H3,(H2,19,23)(H,20,22). The maximum Gasteiger partial charge on any atom is 0.404 e. The van der Waals surface area contributed by atoms with Crippen molar-refractivity contribution in [2.75, 3.05) is 19.8 Å². The van der Waals surface area contributed by atoms with Gasteiger partial charge in [0, 0.05) is 17.5 Å². The first-order valence-electron chi connectivity index (χ1n) is 7.88. The Labute approximate surface area is 145 Å². The Morgan fingerprint density at radius 1 is 1.40 bits per heavy atom. The van der Waals surface area contributed by atoms with E-state index in [0.29, 0.717) is 24.4 Å². The normalized spacial score (nSPS) is 15.0. The van der Waals surface area contributed by atoms with E-state index in [0.717, 1.165) is 5.56 Å². The number of pyridine rings is 1. The van der Waals surface area contributed by atoms with Crippen LogP contribution < -0.4 is 15.8 Å². The summed E-state index contributed by atoms with van der Waals surface area (Å²) in [5.41, 5.74) is 5.52. The fraction of sp³-hybridized carbons (Fsp3) is 0.471. The maximum atomic E-state index is 14.6. The Morgan fingerprint density at radius 2 is 2.12 bits per heavy atom. The second-order valence-corrected chi connectivity index (χ2v) is 6.75. The van der Waals surface area contributed by atoms with E-state index < -0.39 is 17.3 Å². The molecule has 0 saturated heterocycles. The monoisotopic (exact) mass is 351 g/mol. The van der Waals surface area contributed by atoms with Crippen LogP contribution in [0.2, 0.25) is 0 Å². The van der Waals surface area contributed by atoms with Crippen LogP contribution in [-0.4, -0.2) is 36.7 Å². The zero-order valence-electron chi connectivity index (χ0n) is 14.5. The van der Waals surface area contributed by atoms with Crippen molar-refractivity contribution in [2.24, 2.45) is 11.1 Å². The Bertz CT molecular complexity index is 710. The molecule has 0 unspecified atom stereocenters. The van der Waals surface area contributed by atoms with Crippen LogP contribution in [0.4, 0.5) is 9.18 Å². The zero-order valence-corrected chi connectivity index (χ0v) is 14.5. The fourth-order valence-electron chi connectivity index (χ4n) is 2.38. The molecule has 0 spiro atoms. The van der Waals surface area contributed by atoms with Crippen molar-refractivity contribution in [1.82, 2.24) is 10.3 Å². The van der Waals surface area contributed by atoms with Gasteiger partial charge in [-0.15, -0.1) is 0 Å². The van der Waals surface area contributed by atoms with Gasteiger partial charge in [0.1, 0.15) is 30.5 Å². The van der Waals surface area contributed by atoms with Gasteiger partial charge >= 0.3 is 6.09 Å². The molecule has 2 rings (SSSR count). The van der Waals surface area contributed by atoms with E-state index >= 15 is 0 Å². The Kier molecular flexibility index (Phi) is 5.61. The van der Waals surface area contributed by atoms with Crippen molar-refractivity contribution in [2.45, 2.75) is 27.2 Å². The van der Waals surface area contributed by atoms with Crippen LogP contribution in [0.3, 0.4) is 0 Å². The minimum atomic E-state index is -0.985. The van der Waals surface area contributed by atoms with Gasteiger partial charge in [-0.2, -0.15) is 0 Å². The third-order valence-electron chi connectivity index (χ3n) is 3.61. The van der Waals surface area contributed by atoms with Gasteiger partial charge < -0.3 is 20.5 Å². The largest absolute Gasteiger partial charge is 0.487 e. The zero-order chi connectivity index (χ0) is 18.6. The third-order valence-corrected chi connectivity index (χ3v) is 3.61. The molecule has 1 aromatic rings. The number of carbonyl (C=O) groups excluding carboxylic acids is 2. The summed E-state index contributed by atoms with van der Waals surface area (Å²) in [6.45, 7) is 5.22. The number of carbonyl (C=O) groups is 2. The van der Waals surface area contributed by atoms with Crippen molar-refractivity contribution < 1.29 is 23.5 Å². The first-order valence-corrected chi connectivity index (χ1v) is 7.88. The number of hydrogen-bond acceptors (Lipinski definition) is 5. The van der Waals surface area contributed by atoms with Gasteiger partial charge in [-0.05, 0) is 18.1 Å². The summed E-state index contributed by atoms with van der Waals surface area (Å²) in [4.78, 5) is 26.6. The highest BCUT2D eigenvalue weighted by molar-refractivity contribution is 5.94. The molecule has 1 aromatic heterocycles. The summed E-state index contributed by atoms with van der Waals surface area (Å²) in [5.74, 6) is -0.243. The molecule has 136 valence electrons. The molecular weight excluding hydrogens is 329 g/mol. The molecule has 2 heterocycles. The predicted octanol–water partition coefficient (Wildman–Crippen LogP) is 2.11. The molecule has 25 heavy (non-hydrogen) atoms. The highest BCUT2D eigenvalue weighted by atomic mass is 19.1. The summed E-state index contributed by atoms with van der Waals surface area (Å²) in [6, 6.07) is 1.71. The van der Waals surface area contributed by atoms with Crippen molar-refractivity contribution in [3.8, 4) is 5.75 Å². The number of nitrogens with one attached hydrogen (secondary N) is 1. The van der Waals surface area contributed by atoms with Gasteiger partial charge in [-0.3, -0.25) is 4.79 Å². The Hall–Kier alpha value is -2.64. The number of hydrogen-bond donors (Lipinski definition) is 2. The first-order chi connectivity index (χ1) is 11.7. The summed E-state index contributed by atoms with van der Waals surface area (Å²) in [7, 11) is 0. The van der Waals surface area contributed by atoms with Crippen LogP contribution in [0.1, 0.15) is 36.8 Å². The molecule has 2 amide bonds. The molecule has 0 saturated carbocycles. The molecule has 0 fully saturated rings. The van der Waals surface area contributed by atoms with Crippen LogP contribution in [-0.2, 0) is 11.2 Å². The van der Waals surface area contributed by atoms with E-state index in [4.69, 9.17) is 15.2 Å². The number of ether oxygens (including phenoxy) is 2. The summed E-state index contributed by atoms with van der Waals surface area (Å²) < 4.78 is 24.9. The van der Waals surface area contributed by atoms with Gasteiger partial charge in [-0.1, -0.05) is 20.8 Å². The second kappa shape index (κ2) is 7.50. The summed E-state index contributed by atoms with van der Waals surface area (Å²) in [5, 5.41) is 2.71. The Morgan fingerprint density at radius 3 is 2.76 bits per heavy atom. The Balaban J connectivity index is 2.15. The van der Waals surface area contributed by atoms with Crippen molar-refractivity contribution in [3.63, 3.8) is 0 Å². The van der Waals surface area contributed by atoms with Crippen molar-refractivity contribution in [3.05, 3.63) is 34.9 Å². The van der Waals surface area contributed by atoms with Crippen LogP contribution >= 0.6 is 0 Å². The summed E-state index contributed by atoms with van der Waals surface area (Å²) >= 11 is 0. The molecule has 0 aliphatic carbocycles. The maximum absolute atomic E-state index is 14.6. The average molecular weight is 351 g/mol. The molecule has 0 aromatic carbocycles. The van der Waals surface area contributed by atoms with Gasteiger partial charge in [0.05, 0.1) is 6.20 Å². The number of aromatic nitrogens is 1. The number of halogens is 1. The van der Waals surface area contributed by atoms with E-state index in [1.54, 1.807) is 26.8 Å². The smallest absolute Gasteiger partial charge is 0.404 e. The number of allylic oxidation sites excluding steroid dienone is 1. The van der Waals surface area contributed by atoms with E-state index in [9.17, 15) is 14.0 Å². The lowest BCUT2D eigenvalue weighted by Gasteiger charge is -2.21. The quantitative estimate of drug-likeness (QED) is 0.845. The molecular formula is C17H22FN3O4. The highest BCUT2D eigenvalue weighted by Gasteiger charge is 2.23. The van der Waals surface area contributed by atoms with Gasteiger partial charge in [0.2, 0.25) is 0 Å². The number of amides is 2. The minimum Gasteiger partial charge on any atom is -0.487 e. The lowest BCUT2D eigenvalue weighted by molar-refractivity contribution is 0.0940. The number of nitrogens with two attached hydrogens (primary N) is 1. The number of fused-ring (bicyclic) bond motifs is 1. The van der Waals surface area contributed by atoms with E-state index in [1.807, 2.05) is 0 Å². The molecule has 1 aliphatic heterocycles. The van der Waals surface area contributed by atoms with Crippen molar-refractivity contribution >= 4 is 12.0 Å². The van der Waals surface area contributed by atoms with E-state index in [2.05, 4.69) is 10.3 Å². The number of primary amides is 1. The molecule has 0 radical (unpaired) electrons. The highest BCUT2D eigenvalue weighted by Crippen LogP contribution is 2.30. The van der Waals surface area contributed by atoms with Crippen molar-refractivity contribution in [1.29, 1.82) is 0 Å². The molecule has 0 atom stereocenters. The van der Waals surface area contributed by atoms with E-state index in [-0.39, 0.29) is 24.7 Å². The van der Waals surface area contributed by atoms with E-state index in [1.165, 1.54) is 6.20 Å². The molecule has 1 aliphatic rings. The lowest BCUT2D eigenvalue weighted by Crippen LogP contribution is -2.32. The molecule has 0 bridgehead atoms. The topological polar surface area (TPSA) is 104 Å². The summed E-state index contributed by atoms with van der Waals surface area (Å²) in [6.07, 6.45) is 1.07. The SMILES string of the molecule is CC(C)(C)C(F)=C(COC(N)=O)COc1cnc2c(c1)CCNC2=O. The van der Waals surface area contributed by atoms with Gasteiger partial charge in [0.15, 0.2) is 0 Å². The molecule has 7 nitrogen and oxygen atoms in total. The first kappa shape index (κ1) is 18.7. The number of rotatable bonds is 5. The number of nitrogens with zero attached hydrogens (tertiary/aromatic N) is 1.